The molecule has 0 saturated carbocycles. The fraction of sp³-hybridized carbons (Fsp3) is 0.263. The summed E-state index contributed by atoms with van der Waals surface area (Å²) in [5.74, 6) is 1.73. The lowest BCUT2D eigenvalue weighted by atomic mass is 10.0. The van der Waals surface area contributed by atoms with Gasteiger partial charge in [0, 0.05) is 6.07 Å². The Morgan fingerprint density at radius 3 is 2.52 bits per heavy atom. The zero-order chi connectivity index (χ0) is 18.0. The molecule has 0 amide bonds. The van der Waals surface area contributed by atoms with Crippen molar-refractivity contribution in [2.24, 2.45) is 0 Å². The summed E-state index contributed by atoms with van der Waals surface area (Å²) in [7, 11) is 1.59. The maximum atomic E-state index is 12.4. The van der Waals surface area contributed by atoms with Crippen molar-refractivity contribution in [3.63, 3.8) is 0 Å². The van der Waals surface area contributed by atoms with Gasteiger partial charge in [-0.05, 0) is 54.2 Å². The van der Waals surface area contributed by atoms with Crippen molar-refractivity contribution in [3.05, 3.63) is 52.9 Å². The van der Waals surface area contributed by atoms with Crippen LogP contribution in [0.15, 0.2) is 36.5 Å². The van der Waals surface area contributed by atoms with Crippen LogP contribution in [0.1, 0.15) is 11.1 Å². The second kappa shape index (κ2) is 6.94. The molecule has 2 aromatic carbocycles. The van der Waals surface area contributed by atoms with Crippen molar-refractivity contribution in [2.45, 2.75) is 13.8 Å². The minimum absolute atomic E-state index is 0.0464. The Bertz CT molecular complexity index is 902. The highest BCUT2D eigenvalue weighted by molar-refractivity contribution is 5.80. The van der Waals surface area contributed by atoms with Crippen LogP contribution in [0.25, 0.3) is 22.3 Å². The molecule has 6 heteroatoms. The van der Waals surface area contributed by atoms with Gasteiger partial charge in [-0.1, -0.05) is 0 Å². The quantitative estimate of drug-likeness (QED) is 0.570. The summed E-state index contributed by atoms with van der Waals surface area (Å²) >= 11 is 0. The highest BCUT2D eigenvalue weighted by Gasteiger charge is 2.17. The Morgan fingerprint density at radius 2 is 1.88 bits per heavy atom. The van der Waals surface area contributed by atoms with Gasteiger partial charge in [0.2, 0.25) is 0 Å². The molecule has 1 aromatic heterocycles. The van der Waals surface area contributed by atoms with E-state index in [1.165, 1.54) is 6.20 Å². The number of aliphatic hydroxyl groups excluding tert-OH is 1. The van der Waals surface area contributed by atoms with Gasteiger partial charge in [-0.15, -0.1) is 0 Å². The number of hydrogen-bond acceptors (Lipinski definition) is 5. The molecule has 0 aliphatic rings. The van der Waals surface area contributed by atoms with Gasteiger partial charge < -0.3 is 19.8 Å². The van der Waals surface area contributed by atoms with Crippen LogP contribution in [0.4, 0.5) is 0 Å². The Morgan fingerprint density at radius 1 is 1.16 bits per heavy atom. The molecular formula is C19H20N2O4. The molecular weight excluding hydrogens is 320 g/mol. The van der Waals surface area contributed by atoms with E-state index in [4.69, 9.17) is 14.6 Å². The van der Waals surface area contributed by atoms with Crippen LogP contribution in [0.5, 0.6) is 11.5 Å². The van der Waals surface area contributed by atoms with Crippen molar-refractivity contribution in [3.8, 4) is 22.9 Å². The van der Waals surface area contributed by atoms with Gasteiger partial charge in [-0.2, -0.15) is 0 Å². The Hall–Kier alpha value is -2.86. The molecule has 0 saturated heterocycles. The first-order valence-electron chi connectivity index (χ1n) is 7.96. The van der Waals surface area contributed by atoms with E-state index in [-0.39, 0.29) is 13.2 Å². The highest BCUT2D eigenvalue weighted by Crippen LogP contribution is 2.29. The van der Waals surface area contributed by atoms with E-state index in [0.29, 0.717) is 22.7 Å². The third-order valence-electron chi connectivity index (χ3n) is 3.99. The van der Waals surface area contributed by atoms with Crippen LogP contribution >= 0.6 is 0 Å². The topological polar surface area (TPSA) is 78.5 Å². The maximum Gasteiger partial charge on any atom is 0.333 e. The average Bonchev–Trinajstić information content (AvgIpc) is 2.60. The van der Waals surface area contributed by atoms with E-state index in [1.807, 2.05) is 32.0 Å². The number of fused-ring (bicyclic) bond motifs is 1. The van der Waals surface area contributed by atoms with Crippen LogP contribution in [0.2, 0.25) is 0 Å². The fourth-order valence-electron chi connectivity index (χ4n) is 2.85. The molecule has 0 bridgehead atoms. The molecule has 0 atom stereocenters. The van der Waals surface area contributed by atoms with Gasteiger partial charge in [-0.25, -0.2) is 4.73 Å². The average molecular weight is 340 g/mol. The predicted octanol–water partition coefficient (Wildman–Crippen LogP) is 2.53. The van der Waals surface area contributed by atoms with E-state index in [9.17, 15) is 5.21 Å². The van der Waals surface area contributed by atoms with Gasteiger partial charge in [0.05, 0.1) is 24.7 Å². The largest absolute Gasteiger partial charge is 0.710 e. The third-order valence-corrected chi connectivity index (χ3v) is 3.99. The number of aliphatic hydroxyl groups is 1. The molecule has 3 rings (SSSR count). The molecule has 0 aliphatic heterocycles. The zero-order valence-corrected chi connectivity index (χ0v) is 14.4. The normalized spacial score (nSPS) is 10.9. The standard InChI is InChI=1S/C19H20N2O4/c1-12-8-15(9-13(2)18(12)25-7-6-22)19-20-17-10-16(24-3)5-4-14(17)11-21(19)23/h4-5,8-11,22H,6-7H2,1-3H3. The fourth-order valence-corrected chi connectivity index (χ4v) is 2.85. The predicted molar refractivity (Wildman–Crippen MR) is 94.7 cm³/mol. The Kier molecular flexibility index (Phi) is 4.72. The first kappa shape index (κ1) is 17.0. The lowest BCUT2D eigenvalue weighted by Gasteiger charge is -2.13. The summed E-state index contributed by atoms with van der Waals surface area (Å²) in [5, 5.41) is 22.1. The van der Waals surface area contributed by atoms with Crippen molar-refractivity contribution in [1.29, 1.82) is 0 Å². The molecule has 6 nitrogen and oxygen atoms in total. The van der Waals surface area contributed by atoms with E-state index in [2.05, 4.69) is 4.98 Å². The van der Waals surface area contributed by atoms with Crippen molar-refractivity contribution >= 4 is 10.9 Å². The molecule has 0 radical (unpaired) electrons. The molecule has 0 aliphatic carbocycles. The third kappa shape index (κ3) is 3.34. The first-order chi connectivity index (χ1) is 12.0. The number of rotatable bonds is 5. The second-order valence-corrected chi connectivity index (χ2v) is 5.83. The van der Waals surface area contributed by atoms with E-state index in [1.54, 1.807) is 19.2 Å². The Balaban J connectivity index is 2.10. The Labute approximate surface area is 145 Å². The maximum absolute atomic E-state index is 12.4. The number of ether oxygens (including phenoxy) is 2. The first-order valence-corrected chi connectivity index (χ1v) is 7.96. The van der Waals surface area contributed by atoms with Crippen LogP contribution in [0, 0.1) is 19.1 Å². The summed E-state index contributed by atoms with van der Waals surface area (Å²) in [6.45, 7) is 4.00. The lowest BCUT2D eigenvalue weighted by Crippen LogP contribution is -2.30. The molecule has 0 spiro atoms. The smallest absolute Gasteiger partial charge is 0.333 e. The number of methoxy groups -OCH3 is 1. The van der Waals surface area contributed by atoms with E-state index in [0.717, 1.165) is 27.0 Å². The van der Waals surface area contributed by atoms with Crippen LogP contribution in [-0.2, 0) is 0 Å². The summed E-state index contributed by atoms with van der Waals surface area (Å²) in [6.07, 6.45) is 1.51. The molecule has 1 heterocycles. The number of hydrogen-bond donors (Lipinski definition) is 1. The number of benzene rings is 2. The van der Waals surface area contributed by atoms with Crippen LogP contribution < -0.4 is 14.2 Å². The molecule has 0 fully saturated rings. The summed E-state index contributed by atoms with van der Waals surface area (Å²) in [6, 6.07) is 9.13. The lowest BCUT2D eigenvalue weighted by molar-refractivity contribution is -0.595. The monoisotopic (exact) mass is 340 g/mol. The van der Waals surface area contributed by atoms with Gasteiger partial charge in [0.15, 0.2) is 5.52 Å². The minimum atomic E-state index is -0.0464. The highest BCUT2D eigenvalue weighted by atomic mass is 16.5. The zero-order valence-electron chi connectivity index (χ0n) is 14.4. The van der Waals surface area contributed by atoms with E-state index < -0.39 is 0 Å². The molecule has 3 aromatic rings. The number of aryl methyl sites for hydroxylation is 2. The van der Waals surface area contributed by atoms with Gasteiger partial charge in [0.1, 0.15) is 24.3 Å². The van der Waals surface area contributed by atoms with Crippen molar-refractivity contribution in [1.82, 2.24) is 4.98 Å². The summed E-state index contributed by atoms with van der Waals surface area (Å²) in [5.41, 5.74) is 3.18. The van der Waals surface area contributed by atoms with Crippen molar-refractivity contribution in [2.75, 3.05) is 20.3 Å². The second-order valence-electron chi connectivity index (χ2n) is 5.83. The van der Waals surface area contributed by atoms with Gasteiger partial charge in [0.25, 0.3) is 0 Å². The molecule has 1 N–H and O–H groups in total. The molecule has 0 unspecified atom stereocenters. The van der Waals surface area contributed by atoms with Crippen LogP contribution in [0.3, 0.4) is 0 Å². The number of aromatic nitrogens is 2. The van der Waals surface area contributed by atoms with Crippen LogP contribution in [-0.4, -0.2) is 30.4 Å². The van der Waals surface area contributed by atoms with Gasteiger partial charge in [-0.3, -0.25) is 0 Å². The summed E-state index contributed by atoms with van der Waals surface area (Å²) < 4.78 is 11.6. The minimum Gasteiger partial charge on any atom is -0.710 e. The molecule has 25 heavy (non-hydrogen) atoms. The SMILES string of the molecule is COc1ccc2c[n+]([O-])c(-c3cc(C)c(OCCO)c(C)c3)nc2c1. The van der Waals surface area contributed by atoms with Crippen molar-refractivity contribution < 1.29 is 19.3 Å². The van der Waals surface area contributed by atoms with Gasteiger partial charge >= 0.3 is 5.82 Å². The number of nitrogens with zero attached hydrogens (tertiary/aromatic N) is 2. The summed E-state index contributed by atoms with van der Waals surface area (Å²) in [4.78, 5) is 4.52. The molecule has 130 valence electrons. The van der Waals surface area contributed by atoms with E-state index >= 15 is 0 Å².